The molecule has 0 radical (unpaired) electrons. The molecule has 1 fully saturated rings. The van der Waals surface area contributed by atoms with E-state index in [0.717, 1.165) is 18.8 Å². The maximum absolute atomic E-state index is 4.70. The molecule has 0 bridgehead atoms. The first kappa shape index (κ1) is 13.5. The molecule has 1 aliphatic rings. The minimum Gasteiger partial charge on any atom is -0.314 e. The second-order valence-electron chi connectivity index (χ2n) is 6.13. The normalized spacial score (nSPS) is 19.9. The second-order valence-corrected chi connectivity index (χ2v) is 6.13. The number of nitrogens with zero attached hydrogens (tertiary/aromatic N) is 2. The molecule has 0 unspecified atom stereocenters. The molecule has 0 amide bonds. The molecular weight excluding hydrogens is 222 g/mol. The highest BCUT2D eigenvalue weighted by Gasteiger charge is 2.26. The smallest absolute Gasteiger partial charge is 0.0547 e. The van der Waals surface area contributed by atoms with Crippen LogP contribution in [0.1, 0.15) is 38.1 Å². The summed E-state index contributed by atoms with van der Waals surface area (Å²) in [5.41, 5.74) is 2.78. The van der Waals surface area contributed by atoms with Gasteiger partial charge in [0.1, 0.15) is 0 Å². The molecule has 0 atom stereocenters. The Morgan fingerprint density at radius 1 is 1.33 bits per heavy atom. The number of hydrogen-bond donors (Lipinski definition) is 1. The molecule has 3 nitrogen and oxygen atoms in total. The van der Waals surface area contributed by atoms with Crippen LogP contribution in [-0.2, 0) is 13.1 Å². The van der Waals surface area contributed by atoms with Crippen LogP contribution >= 0.6 is 0 Å². The SMILES string of the molecule is CNCc1cccc(CN2CCCC(C)(C)C2)n1. The summed E-state index contributed by atoms with van der Waals surface area (Å²) in [7, 11) is 1.96. The predicted molar refractivity (Wildman–Crippen MR) is 75.3 cm³/mol. The molecule has 1 aromatic rings. The van der Waals surface area contributed by atoms with Crippen molar-refractivity contribution in [3.63, 3.8) is 0 Å². The Balaban J connectivity index is 1.98. The number of hydrogen-bond acceptors (Lipinski definition) is 3. The summed E-state index contributed by atoms with van der Waals surface area (Å²) in [4.78, 5) is 7.24. The molecule has 100 valence electrons. The monoisotopic (exact) mass is 247 g/mol. The number of nitrogens with one attached hydrogen (secondary N) is 1. The van der Waals surface area contributed by atoms with Gasteiger partial charge in [-0.15, -0.1) is 0 Å². The van der Waals surface area contributed by atoms with Crippen molar-refractivity contribution in [2.24, 2.45) is 5.41 Å². The predicted octanol–water partition coefficient (Wildman–Crippen LogP) is 2.42. The van der Waals surface area contributed by atoms with Crippen LogP contribution in [0.2, 0.25) is 0 Å². The molecule has 3 heteroatoms. The second kappa shape index (κ2) is 5.81. The zero-order valence-electron chi connectivity index (χ0n) is 11.9. The zero-order chi connectivity index (χ0) is 13.0. The van der Waals surface area contributed by atoms with E-state index in [1.807, 2.05) is 7.05 Å². The van der Waals surface area contributed by atoms with Crippen molar-refractivity contribution in [3.05, 3.63) is 29.6 Å². The number of likely N-dealkylation sites (tertiary alicyclic amines) is 1. The highest BCUT2D eigenvalue weighted by Crippen LogP contribution is 2.28. The third kappa shape index (κ3) is 3.79. The van der Waals surface area contributed by atoms with Gasteiger partial charge in [0.05, 0.1) is 11.4 Å². The van der Waals surface area contributed by atoms with Gasteiger partial charge in [-0.1, -0.05) is 19.9 Å². The highest BCUT2D eigenvalue weighted by molar-refractivity contribution is 5.11. The first-order valence-electron chi connectivity index (χ1n) is 6.91. The number of rotatable bonds is 4. The first-order valence-corrected chi connectivity index (χ1v) is 6.91. The summed E-state index contributed by atoms with van der Waals surface area (Å²) >= 11 is 0. The molecule has 1 saturated heterocycles. The van der Waals surface area contributed by atoms with E-state index in [-0.39, 0.29) is 0 Å². The molecule has 2 heterocycles. The van der Waals surface area contributed by atoms with Gasteiger partial charge in [-0.05, 0) is 44.0 Å². The van der Waals surface area contributed by atoms with E-state index >= 15 is 0 Å². The summed E-state index contributed by atoms with van der Waals surface area (Å²) in [6.45, 7) is 8.96. The Hall–Kier alpha value is -0.930. The number of aromatic nitrogens is 1. The van der Waals surface area contributed by atoms with E-state index < -0.39 is 0 Å². The Morgan fingerprint density at radius 2 is 2.11 bits per heavy atom. The summed E-state index contributed by atoms with van der Waals surface area (Å²) < 4.78 is 0. The van der Waals surface area contributed by atoms with Gasteiger partial charge in [0.25, 0.3) is 0 Å². The van der Waals surface area contributed by atoms with Crippen molar-refractivity contribution in [2.45, 2.75) is 39.8 Å². The van der Waals surface area contributed by atoms with Crippen LogP contribution in [-0.4, -0.2) is 30.0 Å². The summed E-state index contributed by atoms with van der Waals surface area (Å²) in [5.74, 6) is 0. The summed E-state index contributed by atoms with van der Waals surface area (Å²) in [6, 6.07) is 6.34. The number of pyridine rings is 1. The van der Waals surface area contributed by atoms with Crippen LogP contribution in [0.4, 0.5) is 0 Å². The fourth-order valence-electron chi connectivity index (χ4n) is 2.81. The molecule has 2 rings (SSSR count). The van der Waals surface area contributed by atoms with Gasteiger partial charge in [-0.3, -0.25) is 9.88 Å². The van der Waals surface area contributed by atoms with E-state index in [2.05, 4.69) is 42.3 Å². The molecule has 1 N–H and O–H groups in total. The van der Waals surface area contributed by atoms with Crippen molar-refractivity contribution in [3.8, 4) is 0 Å². The largest absolute Gasteiger partial charge is 0.314 e. The minimum absolute atomic E-state index is 0.459. The maximum Gasteiger partial charge on any atom is 0.0547 e. The van der Waals surface area contributed by atoms with Crippen molar-refractivity contribution < 1.29 is 0 Å². The Morgan fingerprint density at radius 3 is 2.83 bits per heavy atom. The van der Waals surface area contributed by atoms with Crippen LogP contribution < -0.4 is 5.32 Å². The van der Waals surface area contributed by atoms with Crippen LogP contribution in [0.25, 0.3) is 0 Å². The average Bonchev–Trinajstić information content (AvgIpc) is 2.28. The lowest BCUT2D eigenvalue weighted by molar-refractivity contribution is 0.110. The van der Waals surface area contributed by atoms with E-state index in [1.165, 1.54) is 31.6 Å². The Labute approximate surface area is 111 Å². The van der Waals surface area contributed by atoms with Gasteiger partial charge < -0.3 is 5.32 Å². The maximum atomic E-state index is 4.70. The van der Waals surface area contributed by atoms with Crippen molar-refractivity contribution >= 4 is 0 Å². The van der Waals surface area contributed by atoms with E-state index in [0.29, 0.717) is 5.41 Å². The molecule has 18 heavy (non-hydrogen) atoms. The van der Waals surface area contributed by atoms with Gasteiger partial charge in [-0.25, -0.2) is 0 Å². The summed E-state index contributed by atoms with van der Waals surface area (Å²) in [5, 5.41) is 3.15. The van der Waals surface area contributed by atoms with Gasteiger partial charge in [0.15, 0.2) is 0 Å². The number of piperidine rings is 1. The fraction of sp³-hybridized carbons (Fsp3) is 0.667. The van der Waals surface area contributed by atoms with Crippen molar-refractivity contribution in [1.29, 1.82) is 0 Å². The van der Waals surface area contributed by atoms with Crippen LogP contribution in [0.15, 0.2) is 18.2 Å². The van der Waals surface area contributed by atoms with Gasteiger partial charge in [-0.2, -0.15) is 0 Å². The molecule has 0 spiro atoms. The van der Waals surface area contributed by atoms with E-state index in [9.17, 15) is 0 Å². The molecular formula is C15H25N3. The lowest BCUT2D eigenvalue weighted by Gasteiger charge is -2.37. The van der Waals surface area contributed by atoms with Crippen LogP contribution in [0.5, 0.6) is 0 Å². The van der Waals surface area contributed by atoms with Gasteiger partial charge >= 0.3 is 0 Å². The molecule has 0 aromatic carbocycles. The highest BCUT2D eigenvalue weighted by atomic mass is 15.1. The standard InChI is InChI=1S/C15H25N3/c1-15(2)8-5-9-18(12-15)11-14-7-4-6-13(17-14)10-16-3/h4,6-7,16H,5,8-12H2,1-3H3. The lowest BCUT2D eigenvalue weighted by atomic mass is 9.84. The average molecular weight is 247 g/mol. The van der Waals surface area contributed by atoms with Gasteiger partial charge in [0, 0.05) is 19.6 Å². The zero-order valence-corrected chi connectivity index (χ0v) is 11.9. The first-order chi connectivity index (χ1) is 8.59. The van der Waals surface area contributed by atoms with Crippen LogP contribution in [0.3, 0.4) is 0 Å². The Kier molecular flexibility index (Phi) is 4.36. The molecule has 0 saturated carbocycles. The molecule has 1 aromatic heterocycles. The van der Waals surface area contributed by atoms with E-state index in [1.54, 1.807) is 0 Å². The third-order valence-electron chi connectivity index (χ3n) is 3.59. The molecule has 0 aliphatic carbocycles. The van der Waals surface area contributed by atoms with Crippen molar-refractivity contribution in [1.82, 2.24) is 15.2 Å². The fourth-order valence-corrected chi connectivity index (χ4v) is 2.81. The summed E-state index contributed by atoms with van der Waals surface area (Å²) in [6.07, 6.45) is 2.65. The Bertz CT molecular complexity index is 387. The minimum atomic E-state index is 0.459. The van der Waals surface area contributed by atoms with Crippen molar-refractivity contribution in [2.75, 3.05) is 20.1 Å². The quantitative estimate of drug-likeness (QED) is 0.885. The van der Waals surface area contributed by atoms with Gasteiger partial charge in [0.2, 0.25) is 0 Å². The van der Waals surface area contributed by atoms with E-state index in [4.69, 9.17) is 4.98 Å². The van der Waals surface area contributed by atoms with Crippen LogP contribution in [0, 0.1) is 5.41 Å². The third-order valence-corrected chi connectivity index (χ3v) is 3.59. The molecule has 1 aliphatic heterocycles. The lowest BCUT2D eigenvalue weighted by Crippen LogP contribution is -2.39. The topological polar surface area (TPSA) is 28.2 Å².